The molecule has 1 aliphatic carbocycles. The first-order valence-electron chi connectivity index (χ1n) is 10.0. The lowest BCUT2D eigenvalue weighted by Gasteiger charge is -2.35. The molecule has 1 amide bonds. The number of halogens is 1. The molecule has 1 aliphatic heterocycles. The number of nitrogens with one attached hydrogen (secondary N) is 1. The van der Waals surface area contributed by atoms with E-state index in [9.17, 15) is 4.79 Å². The number of nitrogens with zero attached hydrogens (tertiary/aromatic N) is 2. The van der Waals surface area contributed by atoms with E-state index in [1.807, 2.05) is 24.3 Å². The van der Waals surface area contributed by atoms with Gasteiger partial charge in [-0.2, -0.15) is 4.98 Å². The summed E-state index contributed by atoms with van der Waals surface area (Å²) in [5.41, 5.74) is 2.34. The van der Waals surface area contributed by atoms with Gasteiger partial charge < -0.3 is 15.0 Å². The second-order valence-corrected chi connectivity index (χ2v) is 9.06. The molecule has 2 aliphatic rings. The van der Waals surface area contributed by atoms with Gasteiger partial charge in [-0.3, -0.25) is 4.79 Å². The van der Waals surface area contributed by atoms with E-state index in [2.05, 4.69) is 50.8 Å². The smallest absolute Gasteiger partial charge is 0.258 e. The molecule has 0 atom stereocenters. The van der Waals surface area contributed by atoms with E-state index in [4.69, 9.17) is 4.74 Å². The molecule has 2 fully saturated rings. The van der Waals surface area contributed by atoms with E-state index in [-0.39, 0.29) is 5.91 Å². The molecule has 28 heavy (non-hydrogen) atoms. The third kappa shape index (κ3) is 4.42. The summed E-state index contributed by atoms with van der Waals surface area (Å²) in [6.45, 7) is 4.72. The molecule has 5 nitrogen and oxygen atoms in total. The predicted octanol–water partition coefficient (Wildman–Crippen LogP) is 5.11. The fraction of sp³-hybridized carbons (Fsp3) is 0.455. The summed E-state index contributed by atoms with van der Waals surface area (Å²) >= 11 is 2.31. The molecule has 148 valence electrons. The topological polar surface area (TPSA) is 54.5 Å². The summed E-state index contributed by atoms with van der Waals surface area (Å²) in [5, 5.41) is 2.94. The number of pyridine rings is 1. The van der Waals surface area contributed by atoms with Gasteiger partial charge in [0.25, 0.3) is 5.91 Å². The lowest BCUT2D eigenvalue weighted by molar-refractivity contribution is 0.102. The van der Waals surface area contributed by atoms with Gasteiger partial charge in [-0.15, -0.1) is 0 Å². The normalized spacial score (nSPS) is 17.4. The summed E-state index contributed by atoms with van der Waals surface area (Å²) in [7, 11) is 0. The fourth-order valence-electron chi connectivity index (χ4n) is 3.81. The Morgan fingerprint density at radius 1 is 1.21 bits per heavy atom. The minimum Gasteiger partial charge on any atom is -0.478 e. The Labute approximate surface area is 180 Å². The van der Waals surface area contributed by atoms with Crippen LogP contribution in [-0.4, -0.2) is 30.6 Å². The van der Waals surface area contributed by atoms with Gasteiger partial charge in [0.1, 0.15) is 5.82 Å². The van der Waals surface area contributed by atoms with Crippen LogP contribution in [-0.2, 0) is 0 Å². The Kier molecular flexibility index (Phi) is 5.75. The lowest BCUT2D eigenvalue weighted by Crippen LogP contribution is -2.35. The van der Waals surface area contributed by atoms with E-state index in [1.165, 1.54) is 25.7 Å². The molecule has 4 rings (SSSR count). The molecule has 0 bridgehead atoms. The third-order valence-electron chi connectivity index (χ3n) is 5.75. The van der Waals surface area contributed by atoms with Crippen LogP contribution in [0.3, 0.4) is 0 Å². The van der Waals surface area contributed by atoms with Crippen molar-refractivity contribution in [3.8, 4) is 5.88 Å². The number of carbonyl (C=O) groups is 1. The monoisotopic (exact) mass is 491 g/mol. The minimum atomic E-state index is -0.127. The average Bonchev–Trinajstić information content (AvgIpc) is 3.46. The van der Waals surface area contributed by atoms with Crippen molar-refractivity contribution in [3.05, 3.63) is 45.5 Å². The number of anilines is 2. The van der Waals surface area contributed by atoms with Crippen molar-refractivity contribution in [3.63, 3.8) is 0 Å². The quantitative estimate of drug-likeness (QED) is 0.571. The molecule has 6 heteroatoms. The number of ether oxygens (including phenoxy) is 1. The van der Waals surface area contributed by atoms with Gasteiger partial charge in [0.15, 0.2) is 0 Å². The highest BCUT2D eigenvalue weighted by Gasteiger charge is 2.44. The molecule has 1 saturated heterocycles. The van der Waals surface area contributed by atoms with Crippen molar-refractivity contribution in [2.75, 3.05) is 29.9 Å². The van der Waals surface area contributed by atoms with Crippen LogP contribution in [0.5, 0.6) is 5.88 Å². The standard InChI is InChI=1S/C22H26IN3O2/c1-2-14-28-20-5-3-4-19(24-20)25-21(27)17-7-6-16(23)15-18(17)26-12-10-22(8-9-22)11-13-26/h3-7,15H,2,8-14H2,1H3,(H,24,25,27). The summed E-state index contributed by atoms with van der Waals surface area (Å²) in [5.74, 6) is 0.921. The van der Waals surface area contributed by atoms with E-state index >= 15 is 0 Å². The average molecular weight is 491 g/mol. The second-order valence-electron chi connectivity index (χ2n) is 7.81. The summed E-state index contributed by atoms with van der Waals surface area (Å²) in [6.07, 6.45) is 6.14. The van der Waals surface area contributed by atoms with Crippen LogP contribution in [0.4, 0.5) is 11.5 Å². The predicted molar refractivity (Wildman–Crippen MR) is 120 cm³/mol. The van der Waals surface area contributed by atoms with Gasteiger partial charge in [-0.25, -0.2) is 0 Å². The number of rotatable bonds is 6. The Bertz CT molecular complexity index is 857. The van der Waals surface area contributed by atoms with Gasteiger partial charge in [0.2, 0.25) is 5.88 Å². The molecule has 0 unspecified atom stereocenters. The van der Waals surface area contributed by atoms with E-state index in [0.29, 0.717) is 29.3 Å². The van der Waals surface area contributed by atoms with Crippen molar-refractivity contribution in [1.82, 2.24) is 4.98 Å². The molecule has 1 N–H and O–H groups in total. The summed E-state index contributed by atoms with van der Waals surface area (Å²) < 4.78 is 6.71. The number of piperidine rings is 1. The second kappa shape index (κ2) is 8.27. The molecule has 2 aromatic rings. The fourth-order valence-corrected chi connectivity index (χ4v) is 4.29. The first-order valence-corrected chi connectivity index (χ1v) is 11.1. The van der Waals surface area contributed by atoms with Crippen molar-refractivity contribution in [2.45, 2.75) is 39.0 Å². The Hall–Kier alpha value is -1.83. The minimum absolute atomic E-state index is 0.127. The van der Waals surface area contributed by atoms with Gasteiger partial charge in [0.05, 0.1) is 17.9 Å². The zero-order valence-electron chi connectivity index (χ0n) is 16.2. The van der Waals surface area contributed by atoms with E-state index in [1.54, 1.807) is 6.07 Å². The molecule has 1 saturated carbocycles. The molecule has 0 radical (unpaired) electrons. The maximum absolute atomic E-state index is 13.0. The van der Waals surface area contributed by atoms with Gasteiger partial charge in [0, 0.05) is 22.7 Å². The molecule has 1 aromatic carbocycles. The van der Waals surface area contributed by atoms with Crippen molar-refractivity contribution < 1.29 is 9.53 Å². The third-order valence-corrected chi connectivity index (χ3v) is 6.42. The van der Waals surface area contributed by atoms with Crippen LogP contribution >= 0.6 is 22.6 Å². The largest absolute Gasteiger partial charge is 0.478 e. The van der Waals surface area contributed by atoms with Crippen molar-refractivity contribution in [2.24, 2.45) is 5.41 Å². The highest BCUT2D eigenvalue weighted by atomic mass is 127. The van der Waals surface area contributed by atoms with Gasteiger partial charge >= 0.3 is 0 Å². The first-order chi connectivity index (χ1) is 13.6. The van der Waals surface area contributed by atoms with E-state index in [0.717, 1.165) is 28.8 Å². The Morgan fingerprint density at radius 2 is 2.00 bits per heavy atom. The number of amides is 1. The molecule has 1 spiro atoms. The van der Waals surface area contributed by atoms with Crippen LogP contribution < -0.4 is 15.0 Å². The maximum atomic E-state index is 13.0. The number of aromatic nitrogens is 1. The highest BCUT2D eigenvalue weighted by Crippen LogP contribution is 2.54. The Morgan fingerprint density at radius 3 is 2.71 bits per heavy atom. The molecule has 1 aromatic heterocycles. The summed E-state index contributed by atoms with van der Waals surface area (Å²) in [4.78, 5) is 19.8. The first kappa shape index (κ1) is 19.5. The maximum Gasteiger partial charge on any atom is 0.258 e. The lowest BCUT2D eigenvalue weighted by atomic mass is 9.93. The zero-order valence-corrected chi connectivity index (χ0v) is 18.4. The van der Waals surface area contributed by atoms with Crippen LogP contribution in [0.25, 0.3) is 0 Å². The van der Waals surface area contributed by atoms with Crippen molar-refractivity contribution >= 4 is 40.0 Å². The van der Waals surface area contributed by atoms with Crippen LogP contribution in [0.15, 0.2) is 36.4 Å². The van der Waals surface area contributed by atoms with Crippen LogP contribution in [0.2, 0.25) is 0 Å². The molecule has 2 heterocycles. The number of hydrogen-bond acceptors (Lipinski definition) is 4. The van der Waals surface area contributed by atoms with Crippen molar-refractivity contribution in [1.29, 1.82) is 0 Å². The Balaban J connectivity index is 1.51. The van der Waals surface area contributed by atoms with Crippen LogP contribution in [0, 0.1) is 8.99 Å². The van der Waals surface area contributed by atoms with E-state index < -0.39 is 0 Å². The van der Waals surface area contributed by atoms with Crippen LogP contribution in [0.1, 0.15) is 49.4 Å². The highest BCUT2D eigenvalue weighted by molar-refractivity contribution is 14.1. The van der Waals surface area contributed by atoms with Gasteiger partial charge in [-0.1, -0.05) is 13.0 Å². The zero-order chi connectivity index (χ0) is 19.6. The number of hydrogen-bond donors (Lipinski definition) is 1. The van der Waals surface area contributed by atoms with Gasteiger partial charge in [-0.05, 0) is 84.4 Å². The number of carbonyl (C=O) groups excluding carboxylic acids is 1. The molecular formula is C22H26IN3O2. The molecular weight excluding hydrogens is 465 g/mol. The summed E-state index contributed by atoms with van der Waals surface area (Å²) in [6, 6.07) is 11.5. The SMILES string of the molecule is CCCOc1cccc(NC(=O)c2ccc(I)cc2N2CCC3(CC2)CC3)n1. The number of benzene rings is 1.